The molecule has 0 unspecified atom stereocenters. The maximum Gasteiger partial charge on any atom is 0.417 e. The summed E-state index contributed by atoms with van der Waals surface area (Å²) in [5.41, 5.74) is 3.99. The number of hydrogen-bond acceptors (Lipinski definition) is 3. The van der Waals surface area contributed by atoms with Crippen molar-refractivity contribution >= 4 is 17.8 Å². The summed E-state index contributed by atoms with van der Waals surface area (Å²) < 4.78 is 39.1. The second-order valence-corrected chi connectivity index (χ2v) is 5.68. The molecular formula is C18H15F3N2O4. The molecular weight excluding hydrogens is 365 g/mol. The first-order valence-corrected chi connectivity index (χ1v) is 7.68. The number of carbonyl (C=O) groups excluding carboxylic acids is 2. The molecule has 9 heteroatoms. The van der Waals surface area contributed by atoms with Crippen molar-refractivity contribution < 1.29 is 32.7 Å². The summed E-state index contributed by atoms with van der Waals surface area (Å²) in [4.78, 5) is 34.7. The second kappa shape index (κ2) is 7.90. The number of carboxylic acids is 1. The van der Waals surface area contributed by atoms with Gasteiger partial charge in [0.1, 0.15) is 6.04 Å². The molecule has 0 aliphatic rings. The predicted molar refractivity (Wildman–Crippen MR) is 89.0 cm³/mol. The zero-order valence-electron chi connectivity index (χ0n) is 13.8. The fraction of sp³-hybridized carbons (Fsp3) is 0.167. The van der Waals surface area contributed by atoms with Crippen LogP contribution in [-0.4, -0.2) is 28.9 Å². The Morgan fingerprint density at radius 3 is 2.15 bits per heavy atom. The van der Waals surface area contributed by atoms with Gasteiger partial charge in [0, 0.05) is 6.42 Å². The molecule has 0 radical (unpaired) electrons. The van der Waals surface area contributed by atoms with Crippen LogP contribution in [0.2, 0.25) is 0 Å². The lowest BCUT2D eigenvalue weighted by Gasteiger charge is -2.18. The van der Waals surface area contributed by atoms with E-state index in [1.165, 1.54) is 30.3 Å². The summed E-state index contributed by atoms with van der Waals surface area (Å²) >= 11 is 0. The summed E-state index contributed by atoms with van der Waals surface area (Å²) in [6.45, 7) is 0. The van der Waals surface area contributed by atoms with Gasteiger partial charge in [-0.25, -0.2) is 4.79 Å². The fourth-order valence-corrected chi connectivity index (χ4v) is 2.41. The summed E-state index contributed by atoms with van der Waals surface area (Å²) in [6.07, 6.45) is -4.84. The van der Waals surface area contributed by atoms with Gasteiger partial charge in [-0.05, 0) is 29.8 Å². The smallest absolute Gasteiger partial charge is 0.417 e. The minimum atomic E-state index is -4.73. The van der Waals surface area contributed by atoms with E-state index in [9.17, 15) is 27.6 Å². The third-order valence-corrected chi connectivity index (χ3v) is 3.77. The molecule has 0 saturated carbocycles. The minimum Gasteiger partial charge on any atom is -0.478 e. The van der Waals surface area contributed by atoms with Crippen molar-refractivity contribution in [1.29, 1.82) is 0 Å². The predicted octanol–water partition coefficient (Wildman–Crippen LogP) is 2.23. The standard InChI is InChI=1S/C18H15F3N2O4/c19-18(20,21)13-4-2-1-3-12(13)16(25)23-14(15(22)24)9-10-5-7-11(8-6-10)17(26)27/h1-8,14H,9H2,(H2,22,24)(H,23,25)(H,26,27)/t14-/m1/s1. The van der Waals surface area contributed by atoms with Gasteiger partial charge in [0.25, 0.3) is 5.91 Å². The SMILES string of the molecule is NC(=O)[C@@H](Cc1ccc(C(=O)O)cc1)NC(=O)c1ccccc1C(F)(F)F. The van der Waals surface area contributed by atoms with Crippen LogP contribution in [0, 0.1) is 0 Å². The number of carboxylic acid groups (broad SMARTS) is 1. The Labute approximate surface area is 151 Å². The number of primary amides is 1. The van der Waals surface area contributed by atoms with Crippen LogP contribution in [0.15, 0.2) is 48.5 Å². The van der Waals surface area contributed by atoms with Crippen LogP contribution >= 0.6 is 0 Å². The third kappa shape index (κ3) is 5.06. The van der Waals surface area contributed by atoms with Crippen molar-refractivity contribution in [1.82, 2.24) is 5.32 Å². The maximum absolute atomic E-state index is 13.0. The summed E-state index contributed by atoms with van der Waals surface area (Å²) in [5.74, 6) is -3.16. The number of rotatable bonds is 6. The minimum absolute atomic E-state index is 0.0255. The lowest BCUT2D eigenvalue weighted by Crippen LogP contribution is -2.46. The summed E-state index contributed by atoms with van der Waals surface area (Å²) in [6, 6.07) is 8.37. The van der Waals surface area contributed by atoms with E-state index in [0.717, 1.165) is 18.2 Å². The highest BCUT2D eigenvalue weighted by atomic mass is 19.4. The van der Waals surface area contributed by atoms with E-state index in [2.05, 4.69) is 5.32 Å². The van der Waals surface area contributed by atoms with Gasteiger partial charge in [-0.3, -0.25) is 9.59 Å². The van der Waals surface area contributed by atoms with Crippen molar-refractivity contribution in [2.45, 2.75) is 18.6 Å². The maximum atomic E-state index is 13.0. The first-order valence-electron chi connectivity index (χ1n) is 7.68. The Balaban J connectivity index is 2.20. The Hall–Kier alpha value is -3.36. The molecule has 0 saturated heterocycles. The molecule has 142 valence electrons. The molecule has 0 spiro atoms. The number of halogens is 3. The van der Waals surface area contributed by atoms with Gasteiger partial charge >= 0.3 is 12.1 Å². The second-order valence-electron chi connectivity index (χ2n) is 5.68. The highest BCUT2D eigenvalue weighted by Gasteiger charge is 2.35. The van der Waals surface area contributed by atoms with Crippen LogP contribution in [-0.2, 0) is 17.4 Å². The van der Waals surface area contributed by atoms with E-state index < -0.39 is 41.1 Å². The molecule has 2 rings (SSSR count). The molecule has 2 aromatic rings. The van der Waals surface area contributed by atoms with E-state index in [0.29, 0.717) is 5.56 Å². The van der Waals surface area contributed by atoms with Crippen LogP contribution in [0.5, 0.6) is 0 Å². The van der Waals surface area contributed by atoms with Crippen LogP contribution < -0.4 is 11.1 Å². The number of amides is 2. The van der Waals surface area contributed by atoms with E-state index in [1.807, 2.05) is 0 Å². The van der Waals surface area contributed by atoms with Crippen LogP contribution in [0.3, 0.4) is 0 Å². The van der Waals surface area contributed by atoms with Crippen molar-refractivity contribution in [3.8, 4) is 0 Å². The number of nitrogens with one attached hydrogen (secondary N) is 1. The number of alkyl halides is 3. The fourth-order valence-electron chi connectivity index (χ4n) is 2.41. The average Bonchev–Trinajstić information content (AvgIpc) is 2.60. The zero-order chi connectivity index (χ0) is 20.2. The molecule has 0 fully saturated rings. The van der Waals surface area contributed by atoms with E-state index in [-0.39, 0.29) is 12.0 Å². The Morgan fingerprint density at radius 2 is 1.63 bits per heavy atom. The molecule has 0 heterocycles. The third-order valence-electron chi connectivity index (χ3n) is 3.77. The highest BCUT2D eigenvalue weighted by molar-refractivity contribution is 5.98. The topological polar surface area (TPSA) is 109 Å². The zero-order valence-corrected chi connectivity index (χ0v) is 13.8. The van der Waals surface area contributed by atoms with Gasteiger partial charge in [-0.15, -0.1) is 0 Å². The van der Waals surface area contributed by atoms with Gasteiger partial charge in [0.2, 0.25) is 5.91 Å². The van der Waals surface area contributed by atoms with Crippen molar-refractivity contribution in [2.75, 3.05) is 0 Å². The quantitative estimate of drug-likeness (QED) is 0.714. The van der Waals surface area contributed by atoms with Gasteiger partial charge < -0.3 is 16.2 Å². The van der Waals surface area contributed by atoms with Gasteiger partial charge in [0.15, 0.2) is 0 Å². The van der Waals surface area contributed by atoms with E-state index in [1.54, 1.807) is 0 Å². The molecule has 1 atom stereocenters. The first-order chi connectivity index (χ1) is 12.6. The molecule has 27 heavy (non-hydrogen) atoms. The van der Waals surface area contributed by atoms with Crippen molar-refractivity contribution in [2.24, 2.45) is 5.73 Å². The molecule has 0 aliphatic carbocycles. The molecule has 6 nitrogen and oxygen atoms in total. The lowest BCUT2D eigenvalue weighted by molar-refractivity contribution is -0.137. The largest absolute Gasteiger partial charge is 0.478 e. The Bertz CT molecular complexity index is 864. The molecule has 2 amide bonds. The normalized spacial score (nSPS) is 12.3. The monoisotopic (exact) mass is 380 g/mol. The summed E-state index contributed by atoms with van der Waals surface area (Å²) in [7, 11) is 0. The molecule has 0 aliphatic heterocycles. The van der Waals surface area contributed by atoms with Gasteiger partial charge in [-0.2, -0.15) is 13.2 Å². The highest BCUT2D eigenvalue weighted by Crippen LogP contribution is 2.31. The van der Waals surface area contributed by atoms with Gasteiger partial charge in [0.05, 0.1) is 16.7 Å². The number of nitrogens with two attached hydrogens (primary N) is 1. The molecule has 0 bridgehead atoms. The number of benzene rings is 2. The lowest BCUT2D eigenvalue weighted by atomic mass is 10.0. The number of carbonyl (C=O) groups is 3. The van der Waals surface area contributed by atoms with Crippen LogP contribution in [0.1, 0.15) is 31.8 Å². The average molecular weight is 380 g/mol. The van der Waals surface area contributed by atoms with Crippen LogP contribution in [0.25, 0.3) is 0 Å². The molecule has 4 N–H and O–H groups in total. The molecule has 0 aromatic heterocycles. The van der Waals surface area contributed by atoms with E-state index in [4.69, 9.17) is 10.8 Å². The van der Waals surface area contributed by atoms with E-state index >= 15 is 0 Å². The Morgan fingerprint density at radius 1 is 1.04 bits per heavy atom. The van der Waals surface area contributed by atoms with Gasteiger partial charge in [-0.1, -0.05) is 24.3 Å². The Kier molecular flexibility index (Phi) is 5.84. The summed E-state index contributed by atoms with van der Waals surface area (Å²) in [5, 5.41) is 11.1. The first kappa shape index (κ1) is 20.0. The van der Waals surface area contributed by atoms with Crippen molar-refractivity contribution in [3.63, 3.8) is 0 Å². The van der Waals surface area contributed by atoms with Crippen molar-refractivity contribution in [3.05, 3.63) is 70.8 Å². The van der Waals surface area contributed by atoms with Crippen LogP contribution in [0.4, 0.5) is 13.2 Å². The molecule has 2 aromatic carbocycles. The number of aromatic carboxylic acids is 1. The number of hydrogen-bond donors (Lipinski definition) is 3.